The third kappa shape index (κ3) is 3.21. The van der Waals surface area contributed by atoms with Crippen LogP contribution in [0.25, 0.3) is 0 Å². The standard InChI is InChI=1S/C28H25NO5/c1-3-34-27(32)28-16-20-15-19(26(31)33-2)13-14-21(20)24(28)29(17-18-9-5-4-6-10-18)25(30)22-11-7-8-12-23(22)28/h4-15,24H,3,16-17H2,1-2H3/t24-,28+/m1/s1. The Bertz CT molecular complexity index is 1280. The van der Waals surface area contributed by atoms with Crippen LogP contribution in [0, 0.1) is 0 Å². The van der Waals surface area contributed by atoms with Gasteiger partial charge in [0.05, 0.1) is 25.3 Å². The lowest BCUT2D eigenvalue weighted by molar-refractivity contribution is -0.153. The zero-order chi connectivity index (χ0) is 23.9. The van der Waals surface area contributed by atoms with Gasteiger partial charge in [0.1, 0.15) is 5.41 Å². The Labute approximate surface area is 198 Å². The van der Waals surface area contributed by atoms with Crippen molar-refractivity contribution in [1.82, 2.24) is 4.90 Å². The van der Waals surface area contributed by atoms with Crippen molar-refractivity contribution in [1.29, 1.82) is 0 Å². The number of fused-ring (bicyclic) bond motifs is 5. The number of carbonyl (C=O) groups is 3. The normalized spacial score (nSPS) is 20.2. The van der Waals surface area contributed by atoms with Gasteiger partial charge in [-0.25, -0.2) is 4.79 Å². The summed E-state index contributed by atoms with van der Waals surface area (Å²) in [6.07, 6.45) is 0.326. The van der Waals surface area contributed by atoms with Crippen LogP contribution in [-0.2, 0) is 32.6 Å². The fourth-order valence-corrected chi connectivity index (χ4v) is 5.44. The van der Waals surface area contributed by atoms with Gasteiger partial charge in [-0.05, 0) is 53.8 Å². The Morgan fingerprint density at radius 3 is 2.50 bits per heavy atom. The fraction of sp³-hybridized carbons (Fsp3) is 0.250. The molecule has 0 aromatic heterocycles. The monoisotopic (exact) mass is 455 g/mol. The summed E-state index contributed by atoms with van der Waals surface area (Å²) in [6.45, 7) is 2.35. The van der Waals surface area contributed by atoms with Crippen LogP contribution in [0.3, 0.4) is 0 Å². The molecule has 1 aliphatic heterocycles. The molecular weight excluding hydrogens is 430 g/mol. The molecule has 3 aromatic carbocycles. The highest BCUT2D eigenvalue weighted by Gasteiger charge is 2.61. The molecule has 0 bridgehead atoms. The molecule has 2 atom stereocenters. The highest BCUT2D eigenvalue weighted by atomic mass is 16.5. The number of ether oxygens (including phenoxy) is 2. The maximum atomic E-state index is 13.8. The van der Waals surface area contributed by atoms with Crippen LogP contribution in [0.4, 0.5) is 0 Å². The van der Waals surface area contributed by atoms with Gasteiger partial charge in [0, 0.05) is 12.1 Å². The fourth-order valence-electron chi connectivity index (χ4n) is 5.44. The van der Waals surface area contributed by atoms with Crippen LogP contribution in [0.15, 0.2) is 72.8 Å². The zero-order valence-electron chi connectivity index (χ0n) is 19.1. The van der Waals surface area contributed by atoms with Crippen molar-refractivity contribution in [2.24, 2.45) is 0 Å². The molecular formula is C28H25NO5. The summed E-state index contributed by atoms with van der Waals surface area (Å²) in [4.78, 5) is 41.6. The predicted molar refractivity (Wildman–Crippen MR) is 125 cm³/mol. The van der Waals surface area contributed by atoms with Crippen molar-refractivity contribution in [3.05, 3.63) is 106 Å². The number of methoxy groups -OCH3 is 1. The van der Waals surface area contributed by atoms with Gasteiger partial charge in [-0.15, -0.1) is 0 Å². The summed E-state index contributed by atoms with van der Waals surface area (Å²) in [5.74, 6) is -0.941. The van der Waals surface area contributed by atoms with Crippen molar-refractivity contribution >= 4 is 17.8 Å². The molecule has 172 valence electrons. The molecule has 0 fully saturated rings. The Kier molecular flexibility index (Phi) is 5.44. The lowest BCUT2D eigenvalue weighted by Crippen LogP contribution is -2.54. The molecule has 0 saturated heterocycles. The summed E-state index contributed by atoms with van der Waals surface area (Å²) in [6, 6.07) is 21.8. The van der Waals surface area contributed by atoms with Crippen molar-refractivity contribution in [2.75, 3.05) is 13.7 Å². The van der Waals surface area contributed by atoms with E-state index in [2.05, 4.69) is 0 Å². The van der Waals surface area contributed by atoms with Gasteiger partial charge in [-0.3, -0.25) is 9.59 Å². The van der Waals surface area contributed by atoms with Crippen molar-refractivity contribution < 1.29 is 23.9 Å². The number of carbonyl (C=O) groups excluding carboxylic acids is 3. The SMILES string of the molecule is CCOC(=O)[C@]12Cc3cc(C(=O)OC)ccc3[C@H]1N(Cc1ccccc1)C(=O)c1ccccc12. The van der Waals surface area contributed by atoms with Crippen molar-refractivity contribution in [2.45, 2.75) is 31.3 Å². The second-order valence-electron chi connectivity index (χ2n) is 8.64. The average molecular weight is 456 g/mol. The van der Waals surface area contributed by atoms with Crippen LogP contribution in [-0.4, -0.2) is 36.5 Å². The molecule has 0 radical (unpaired) electrons. The van der Waals surface area contributed by atoms with Gasteiger partial charge in [-0.1, -0.05) is 54.6 Å². The van der Waals surface area contributed by atoms with Gasteiger partial charge < -0.3 is 14.4 Å². The maximum Gasteiger partial charge on any atom is 0.337 e. The van der Waals surface area contributed by atoms with Crippen molar-refractivity contribution in [3.8, 4) is 0 Å². The first-order valence-electron chi connectivity index (χ1n) is 11.3. The van der Waals surface area contributed by atoms with Crippen LogP contribution in [0.1, 0.15) is 55.9 Å². The van der Waals surface area contributed by atoms with Gasteiger partial charge in [-0.2, -0.15) is 0 Å². The molecule has 1 heterocycles. The van der Waals surface area contributed by atoms with Gasteiger partial charge in [0.25, 0.3) is 5.91 Å². The summed E-state index contributed by atoms with van der Waals surface area (Å²) in [5.41, 5.74) is 3.13. The summed E-state index contributed by atoms with van der Waals surface area (Å²) in [7, 11) is 1.34. The third-order valence-electron chi connectivity index (χ3n) is 6.84. The highest BCUT2D eigenvalue weighted by molar-refractivity contribution is 6.03. The molecule has 0 spiro atoms. The van der Waals surface area contributed by atoms with E-state index in [-0.39, 0.29) is 18.5 Å². The maximum absolute atomic E-state index is 13.8. The van der Waals surface area contributed by atoms with Gasteiger partial charge >= 0.3 is 11.9 Å². The average Bonchev–Trinajstić information content (AvgIpc) is 3.22. The Morgan fingerprint density at radius 2 is 1.76 bits per heavy atom. The number of rotatable bonds is 5. The zero-order valence-corrected chi connectivity index (χ0v) is 19.1. The number of amides is 1. The number of nitrogens with zero attached hydrogens (tertiary/aromatic N) is 1. The van der Waals surface area contributed by atoms with E-state index < -0.39 is 17.4 Å². The molecule has 5 rings (SSSR count). The number of benzene rings is 3. The summed E-state index contributed by atoms with van der Waals surface area (Å²) >= 11 is 0. The van der Waals surface area contributed by atoms with Crippen LogP contribution < -0.4 is 0 Å². The number of esters is 2. The molecule has 3 aromatic rings. The molecule has 6 heteroatoms. The smallest absolute Gasteiger partial charge is 0.337 e. The van der Waals surface area contributed by atoms with E-state index >= 15 is 0 Å². The van der Waals surface area contributed by atoms with Crippen LogP contribution in [0.2, 0.25) is 0 Å². The van der Waals surface area contributed by atoms with Gasteiger partial charge in [0.2, 0.25) is 0 Å². The minimum absolute atomic E-state index is 0.130. The quantitative estimate of drug-likeness (QED) is 0.539. The van der Waals surface area contributed by atoms with Crippen molar-refractivity contribution in [3.63, 3.8) is 0 Å². The summed E-state index contributed by atoms with van der Waals surface area (Å²) < 4.78 is 10.5. The Hall–Kier alpha value is -3.93. The van der Waals surface area contributed by atoms with E-state index in [1.165, 1.54) is 7.11 Å². The van der Waals surface area contributed by atoms with E-state index in [0.29, 0.717) is 29.7 Å². The molecule has 6 nitrogen and oxygen atoms in total. The molecule has 1 aliphatic carbocycles. The van der Waals surface area contributed by atoms with Gasteiger partial charge in [0.15, 0.2) is 0 Å². The molecule has 34 heavy (non-hydrogen) atoms. The first kappa shape index (κ1) is 21.9. The van der Waals surface area contributed by atoms with E-state index in [1.807, 2.05) is 54.6 Å². The van der Waals surface area contributed by atoms with E-state index in [1.54, 1.807) is 30.0 Å². The minimum Gasteiger partial charge on any atom is -0.465 e. The second kappa shape index (κ2) is 8.45. The predicted octanol–water partition coefficient (Wildman–Crippen LogP) is 4.23. The minimum atomic E-state index is -1.10. The first-order valence-corrected chi connectivity index (χ1v) is 11.3. The number of hydrogen-bond acceptors (Lipinski definition) is 5. The molecule has 0 unspecified atom stereocenters. The Morgan fingerprint density at radius 1 is 1.03 bits per heavy atom. The van der Waals surface area contributed by atoms with Crippen LogP contribution >= 0.6 is 0 Å². The third-order valence-corrected chi connectivity index (χ3v) is 6.84. The lowest BCUT2D eigenvalue weighted by Gasteiger charge is -2.45. The topological polar surface area (TPSA) is 72.9 Å². The summed E-state index contributed by atoms with van der Waals surface area (Å²) in [5, 5.41) is 0. The lowest BCUT2D eigenvalue weighted by atomic mass is 9.69. The van der Waals surface area contributed by atoms with E-state index in [4.69, 9.17) is 9.47 Å². The molecule has 0 saturated carbocycles. The highest BCUT2D eigenvalue weighted by Crippen LogP contribution is 2.55. The molecule has 0 N–H and O–H groups in total. The van der Waals surface area contributed by atoms with E-state index in [9.17, 15) is 14.4 Å². The van der Waals surface area contributed by atoms with E-state index in [0.717, 1.165) is 16.7 Å². The van der Waals surface area contributed by atoms with Crippen LogP contribution in [0.5, 0.6) is 0 Å². The largest absolute Gasteiger partial charge is 0.465 e. The number of hydrogen-bond donors (Lipinski definition) is 0. The molecule has 1 amide bonds. The second-order valence-corrected chi connectivity index (χ2v) is 8.64. The molecule has 2 aliphatic rings. The first-order chi connectivity index (χ1) is 16.5. The Balaban J connectivity index is 1.75.